The molecule has 10 amide bonds. The van der Waals surface area contributed by atoms with E-state index in [4.69, 9.17) is 29.4 Å². The highest BCUT2D eigenvalue weighted by Gasteiger charge is 2.44. The van der Waals surface area contributed by atoms with Crippen molar-refractivity contribution >= 4 is 65.3 Å². The maximum absolute atomic E-state index is 14.8. The molecule has 1 saturated heterocycles. The molecule has 91 heavy (non-hydrogen) atoms. The van der Waals surface area contributed by atoms with Gasteiger partial charge in [0.15, 0.2) is 0 Å². The maximum Gasteiger partial charge on any atom is 0.410 e. The Morgan fingerprint density at radius 1 is 0.736 bits per heavy atom. The van der Waals surface area contributed by atoms with Gasteiger partial charge in [-0.05, 0) is 93.4 Å². The Morgan fingerprint density at radius 3 is 1.91 bits per heavy atom. The summed E-state index contributed by atoms with van der Waals surface area (Å²) in [5.74, 6) is -5.81. The molecule has 0 aliphatic carbocycles. The number of hydrogen-bond donors (Lipinski definition) is 7. The topological polar surface area (TPSA) is 325 Å². The molecule has 0 radical (unpaired) electrons. The number of likely N-dealkylation sites (tertiary alicyclic amines) is 1. The summed E-state index contributed by atoms with van der Waals surface area (Å²) in [7, 11) is 6.03. The number of anilines is 1. The van der Waals surface area contributed by atoms with Crippen molar-refractivity contribution in [2.24, 2.45) is 35.3 Å². The summed E-state index contributed by atoms with van der Waals surface area (Å²) in [6.45, 7) is 25.2. The van der Waals surface area contributed by atoms with Gasteiger partial charge >= 0.3 is 24.2 Å². The molecule has 0 bridgehead atoms. The average Bonchev–Trinajstić information content (AvgIpc) is 1.86. The molecule has 0 unspecified atom stereocenters. The number of urea groups is 1. The fraction of sp³-hybridized carbons (Fsp3) is 0.636. The summed E-state index contributed by atoms with van der Waals surface area (Å²) in [6, 6.07) is 8.44. The lowest BCUT2D eigenvalue weighted by Gasteiger charge is -2.41. The minimum absolute atomic E-state index is 0.0262. The molecule has 0 saturated carbocycles. The standard InChI is InChI=1S/C66H104N10O15/c1-18-35-89-62(83)48(36-44-25-21-20-22-26-44)71-57(78)43(10)56(88-17)49-28-24-34-76(49)51(77)37-50(87-16)55(42(9)19-2)74(14)61(82)53(40(5)6)72-60(81)54(41(7)8)75(15)65(86)90-38-45-29-31-46(32-30-45)69-58(79)47(27-23-33-68-63(67)84)70-59(80)52(39(3)4)73-64(85)91-66(11,12)13/h18,20-22,25-26,29-32,39-43,47-50,52-56H,1,19,23-24,27-28,33-38H2,2-17H3,(H,69,79)(H,70,80)(H,71,78)(H,72,81)(H,73,85)(H3,67,68,84)/t42-,43+,47-,48-,49-,50+,52-,53-,54-,55-,56+/m0/s1. The van der Waals surface area contributed by atoms with Crippen LogP contribution in [0.5, 0.6) is 0 Å². The molecular weight excluding hydrogens is 1170 g/mol. The molecule has 8 N–H and O–H groups in total. The van der Waals surface area contributed by atoms with E-state index in [1.807, 2.05) is 44.2 Å². The van der Waals surface area contributed by atoms with Gasteiger partial charge in [-0.3, -0.25) is 33.7 Å². The summed E-state index contributed by atoms with van der Waals surface area (Å²) >= 11 is 0. The number of benzene rings is 2. The van der Waals surface area contributed by atoms with Crippen LogP contribution in [0, 0.1) is 29.6 Å². The quantitative estimate of drug-likeness (QED) is 0.0174. The van der Waals surface area contributed by atoms with Crippen LogP contribution in [-0.4, -0.2) is 182 Å². The van der Waals surface area contributed by atoms with Gasteiger partial charge in [-0.25, -0.2) is 19.2 Å². The van der Waals surface area contributed by atoms with Crippen molar-refractivity contribution < 1.29 is 71.6 Å². The monoisotopic (exact) mass is 1280 g/mol. The normalized spacial score (nSPS) is 16.5. The molecule has 2 aromatic carbocycles. The minimum Gasteiger partial charge on any atom is -0.460 e. The van der Waals surface area contributed by atoms with Gasteiger partial charge in [-0.2, -0.15) is 0 Å². The molecule has 508 valence electrons. The summed E-state index contributed by atoms with van der Waals surface area (Å²) in [6.07, 6.45) is 0.503. The van der Waals surface area contributed by atoms with Crippen molar-refractivity contribution in [2.75, 3.05) is 53.3 Å². The zero-order valence-electron chi connectivity index (χ0n) is 56.4. The second-order valence-electron chi connectivity index (χ2n) is 25.4. The first-order valence-corrected chi connectivity index (χ1v) is 31.5. The zero-order chi connectivity index (χ0) is 68.4. The SMILES string of the molecule is C=CCOC(=O)[C@H](Cc1ccccc1)NC(=O)[C@H](C)[C@@H](OC)[C@@H]1CCCN1C(=O)C[C@@H](OC)[C@H]([C@@H](C)CC)N(C)C(=O)[C@@H](NC(=O)[C@H](C(C)C)N(C)C(=O)OCc1ccc(NC(=O)[C@H](CCCNC(N)=O)NC(=O)[C@@H](NC(=O)OC(C)(C)C)C(C)C)cc1)C(C)C. The van der Waals surface area contributed by atoms with Gasteiger partial charge in [0.2, 0.25) is 35.4 Å². The molecule has 1 heterocycles. The molecule has 3 rings (SSSR count). The van der Waals surface area contributed by atoms with Gasteiger partial charge in [0, 0.05) is 53.5 Å². The molecule has 11 atom stereocenters. The van der Waals surface area contributed by atoms with Gasteiger partial charge in [0.05, 0.1) is 36.6 Å². The van der Waals surface area contributed by atoms with Gasteiger partial charge in [0.1, 0.15) is 49.0 Å². The lowest BCUT2D eigenvalue weighted by Crippen LogP contribution is -2.60. The number of nitrogens with two attached hydrogens (primary N) is 1. The number of hydrogen-bond acceptors (Lipinski definition) is 15. The van der Waals surface area contributed by atoms with E-state index in [2.05, 4.69) is 38.5 Å². The molecule has 1 aliphatic heterocycles. The third-order valence-electron chi connectivity index (χ3n) is 16.1. The highest BCUT2D eigenvalue weighted by atomic mass is 16.6. The van der Waals surface area contributed by atoms with Crippen LogP contribution in [0.1, 0.15) is 133 Å². The first-order valence-electron chi connectivity index (χ1n) is 31.5. The van der Waals surface area contributed by atoms with Gasteiger partial charge in [-0.1, -0.05) is 124 Å². The van der Waals surface area contributed by atoms with E-state index in [9.17, 15) is 47.9 Å². The molecule has 1 fully saturated rings. The van der Waals surface area contributed by atoms with Gasteiger partial charge in [-0.15, -0.1) is 0 Å². The number of alkyl carbamates (subject to hydrolysis) is 1. The Morgan fingerprint density at radius 2 is 1.36 bits per heavy atom. The molecule has 0 aromatic heterocycles. The number of nitrogens with one attached hydrogen (secondary N) is 6. The Labute approximate surface area is 538 Å². The number of primary amides is 1. The second kappa shape index (κ2) is 37.5. The van der Waals surface area contributed by atoms with Crippen molar-refractivity contribution in [1.82, 2.24) is 41.3 Å². The molecule has 25 nitrogen and oxygen atoms in total. The number of esters is 1. The first kappa shape index (κ1) is 77.4. The summed E-state index contributed by atoms with van der Waals surface area (Å²) < 4.78 is 28.5. The largest absolute Gasteiger partial charge is 0.460 e. The van der Waals surface area contributed by atoms with Crippen LogP contribution in [0.2, 0.25) is 0 Å². The number of likely N-dealkylation sites (N-methyl/N-ethyl adjacent to an activating group) is 2. The number of amides is 10. The van der Waals surface area contributed by atoms with E-state index < -0.39 is 132 Å². The predicted octanol–water partition coefficient (Wildman–Crippen LogP) is 6.22. The van der Waals surface area contributed by atoms with Crippen molar-refractivity contribution in [3.63, 3.8) is 0 Å². The van der Waals surface area contributed by atoms with Crippen LogP contribution in [0.4, 0.5) is 20.1 Å². The van der Waals surface area contributed by atoms with Crippen LogP contribution >= 0.6 is 0 Å². The lowest BCUT2D eigenvalue weighted by atomic mass is 9.89. The molecule has 25 heteroatoms. The van der Waals surface area contributed by atoms with E-state index in [1.54, 1.807) is 105 Å². The van der Waals surface area contributed by atoms with E-state index in [-0.39, 0.29) is 63.2 Å². The van der Waals surface area contributed by atoms with Crippen LogP contribution < -0.4 is 37.6 Å². The fourth-order valence-corrected chi connectivity index (χ4v) is 11.1. The summed E-state index contributed by atoms with van der Waals surface area (Å²) in [5.41, 5.74) is 6.09. The highest BCUT2D eigenvalue weighted by Crippen LogP contribution is 2.30. The molecule has 1 aliphatic rings. The first-order chi connectivity index (χ1) is 42.8. The lowest BCUT2D eigenvalue weighted by molar-refractivity contribution is -0.149. The smallest absolute Gasteiger partial charge is 0.410 e. The molecular formula is C66H104N10O15. The third-order valence-corrected chi connectivity index (χ3v) is 16.1. The second-order valence-corrected chi connectivity index (χ2v) is 25.4. The Balaban J connectivity index is 1.74. The molecule has 2 aromatic rings. The van der Waals surface area contributed by atoms with Crippen LogP contribution in [0.25, 0.3) is 0 Å². The van der Waals surface area contributed by atoms with Crippen molar-refractivity contribution in [1.29, 1.82) is 0 Å². The number of nitrogens with zero attached hydrogens (tertiary/aromatic N) is 3. The summed E-state index contributed by atoms with van der Waals surface area (Å²) in [4.78, 5) is 140. The fourth-order valence-electron chi connectivity index (χ4n) is 11.1. The number of rotatable bonds is 35. The number of ether oxygens (including phenoxy) is 5. The third kappa shape index (κ3) is 24.4. The Kier molecular flexibility index (Phi) is 31.9. The number of carbonyl (C=O) groups excluding carboxylic acids is 10. The van der Waals surface area contributed by atoms with E-state index in [0.717, 1.165) is 5.56 Å². The maximum atomic E-state index is 14.8. The highest BCUT2D eigenvalue weighted by molar-refractivity contribution is 5.98. The van der Waals surface area contributed by atoms with Gasteiger partial charge < -0.3 is 71.1 Å². The van der Waals surface area contributed by atoms with Gasteiger partial charge in [0.25, 0.3) is 0 Å². The number of methoxy groups -OCH3 is 2. The van der Waals surface area contributed by atoms with Crippen molar-refractivity contribution in [3.8, 4) is 0 Å². The Bertz CT molecular complexity index is 2720. The zero-order valence-corrected chi connectivity index (χ0v) is 56.4. The minimum atomic E-state index is -1.10. The van der Waals surface area contributed by atoms with Crippen LogP contribution in [0.3, 0.4) is 0 Å². The van der Waals surface area contributed by atoms with Crippen molar-refractivity contribution in [3.05, 3.63) is 78.4 Å². The summed E-state index contributed by atoms with van der Waals surface area (Å²) in [5, 5.41) is 16.3. The van der Waals surface area contributed by atoms with Crippen LogP contribution in [0.15, 0.2) is 67.3 Å². The van der Waals surface area contributed by atoms with E-state index >= 15 is 0 Å². The van der Waals surface area contributed by atoms with E-state index in [0.29, 0.717) is 37.1 Å². The molecule has 0 spiro atoms. The Hall–Kier alpha value is -7.80. The van der Waals surface area contributed by atoms with Crippen molar-refractivity contribution in [2.45, 2.75) is 195 Å². The average molecular weight is 1280 g/mol. The van der Waals surface area contributed by atoms with Crippen LogP contribution in [-0.2, 0) is 70.3 Å². The predicted molar refractivity (Wildman–Crippen MR) is 345 cm³/mol. The van der Waals surface area contributed by atoms with E-state index in [1.165, 1.54) is 37.1 Å². The number of carbonyl (C=O) groups is 10.